The van der Waals surface area contributed by atoms with Gasteiger partial charge in [-0.2, -0.15) is 0 Å². The van der Waals surface area contributed by atoms with Gasteiger partial charge in [0.05, 0.1) is 6.42 Å². The van der Waals surface area contributed by atoms with E-state index in [0.717, 1.165) is 5.39 Å². The molecule has 6 heteroatoms. The fourth-order valence-electron chi connectivity index (χ4n) is 2.40. The molecule has 0 spiro atoms. The Morgan fingerprint density at radius 2 is 2.25 bits per heavy atom. The Balaban J connectivity index is 2.08. The van der Waals surface area contributed by atoms with Crippen LogP contribution in [0.4, 0.5) is 0 Å². The number of nitrogens with one attached hydrogen (secondary N) is 2. The van der Waals surface area contributed by atoms with Crippen molar-refractivity contribution in [3.63, 3.8) is 0 Å². The lowest BCUT2D eigenvalue weighted by Gasteiger charge is -2.37. The predicted octanol–water partition coefficient (Wildman–Crippen LogP) is 1.74. The highest BCUT2D eigenvalue weighted by Crippen LogP contribution is 2.35. The van der Waals surface area contributed by atoms with Crippen LogP contribution in [0.1, 0.15) is 19.1 Å². The lowest BCUT2D eigenvalue weighted by molar-refractivity contribution is -0.129. The molecular formula is C14H15N3O3. The fourth-order valence-corrected chi connectivity index (χ4v) is 2.40. The number of hydrogen-bond acceptors (Lipinski definition) is 4. The molecule has 0 unspecified atom stereocenters. The molecule has 20 heavy (non-hydrogen) atoms. The van der Waals surface area contributed by atoms with Crippen LogP contribution in [0.3, 0.4) is 0 Å². The largest absolute Gasteiger partial charge is 0.504 e. The molecular weight excluding hydrogens is 258 g/mol. The molecule has 1 aliphatic heterocycles. The van der Waals surface area contributed by atoms with E-state index in [1.165, 1.54) is 4.90 Å². The molecule has 2 aromatic rings. The van der Waals surface area contributed by atoms with Gasteiger partial charge in [0.15, 0.2) is 17.3 Å². The van der Waals surface area contributed by atoms with Gasteiger partial charge in [-0.15, -0.1) is 0 Å². The molecule has 2 heterocycles. The zero-order valence-corrected chi connectivity index (χ0v) is 11.2. The van der Waals surface area contributed by atoms with Gasteiger partial charge in [0.2, 0.25) is 5.91 Å². The van der Waals surface area contributed by atoms with Crippen molar-refractivity contribution < 1.29 is 14.3 Å². The van der Waals surface area contributed by atoms with Crippen LogP contribution in [0.5, 0.6) is 5.75 Å². The van der Waals surface area contributed by atoms with Gasteiger partial charge in [0.1, 0.15) is 11.3 Å². The standard InChI is InChI=1S/C14H15N3O3/c1-14(7-11(19)17(2)13(15)16-14)10-6-8-4-3-5-9(18)12(8)20-10/h3-6,18H,7H2,1-2H3,(H2,15,16)/t14-/m0/s1. The summed E-state index contributed by atoms with van der Waals surface area (Å²) in [7, 11) is 1.56. The molecule has 0 aliphatic carbocycles. The number of rotatable bonds is 1. The number of carbonyl (C=O) groups is 1. The normalized spacial score (nSPS) is 23.2. The van der Waals surface area contributed by atoms with Gasteiger partial charge in [0.25, 0.3) is 0 Å². The van der Waals surface area contributed by atoms with Gasteiger partial charge < -0.3 is 14.8 Å². The first kappa shape index (κ1) is 12.5. The number of furan rings is 1. The lowest BCUT2D eigenvalue weighted by atomic mass is 9.92. The summed E-state index contributed by atoms with van der Waals surface area (Å²) in [6.07, 6.45) is 0.187. The van der Waals surface area contributed by atoms with E-state index < -0.39 is 5.54 Å². The quantitative estimate of drug-likeness (QED) is 0.738. The number of para-hydroxylation sites is 1. The number of guanidine groups is 1. The molecule has 1 saturated heterocycles. The lowest BCUT2D eigenvalue weighted by Crippen LogP contribution is -2.58. The van der Waals surface area contributed by atoms with Crippen molar-refractivity contribution in [3.05, 3.63) is 30.0 Å². The molecule has 0 radical (unpaired) electrons. The first-order valence-electron chi connectivity index (χ1n) is 6.26. The number of fused-ring (bicyclic) bond motifs is 1. The van der Waals surface area contributed by atoms with Gasteiger partial charge in [-0.1, -0.05) is 12.1 Å². The highest BCUT2D eigenvalue weighted by Gasteiger charge is 2.40. The van der Waals surface area contributed by atoms with Crippen LogP contribution in [0.15, 0.2) is 28.7 Å². The van der Waals surface area contributed by atoms with Crippen LogP contribution in [0.2, 0.25) is 0 Å². The minimum absolute atomic E-state index is 0.0356. The summed E-state index contributed by atoms with van der Waals surface area (Å²) in [5, 5.41) is 21.3. The number of phenols is 1. The summed E-state index contributed by atoms with van der Waals surface area (Å²) in [5.41, 5.74) is -0.394. The van der Waals surface area contributed by atoms with E-state index in [0.29, 0.717) is 11.3 Å². The Labute approximate surface area is 115 Å². The van der Waals surface area contributed by atoms with Crippen molar-refractivity contribution in [1.82, 2.24) is 10.2 Å². The Morgan fingerprint density at radius 1 is 1.50 bits per heavy atom. The summed E-state index contributed by atoms with van der Waals surface area (Å²) in [6, 6.07) is 6.89. The third-order valence-corrected chi connectivity index (χ3v) is 3.68. The second kappa shape index (κ2) is 4.00. The minimum Gasteiger partial charge on any atom is -0.504 e. The van der Waals surface area contributed by atoms with Gasteiger partial charge in [-0.3, -0.25) is 15.1 Å². The number of benzene rings is 1. The Kier molecular flexibility index (Phi) is 2.50. The number of hydrogen-bond donors (Lipinski definition) is 3. The van der Waals surface area contributed by atoms with Crippen LogP contribution >= 0.6 is 0 Å². The molecule has 1 amide bonds. The van der Waals surface area contributed by atoms with E-state index >= 15 is 0 Å². The summed E-state index contributed by atoms with van der Waals surface area (Å²) < 4.78 is 5.69. The van der Waals surface area contributed by atoms with E-state index in [1.807, 2.05) is 6.07 Å². The molecule has 104 valence electrons. The van der Waals surface area contributed by atoms with Crippen molar-refractivity contribution in [3.8, 4) is 5.75 Å². The molecule has 1 aromatic carbocycles. The number of carbonyl (C=O) groups excluding carboxylic acids is 1. The molecule has 0 bridgehead atoms. The van der Waals surface area contributed by atoms with Crippen molar-refractivity contribution in [2.24, 2.45) is 0 Å². The maximum atomic E-state index is 11.9. The molecule has 1 aliphatic rings. The third kappa shape index (κ3) is 1.72. The third-order valence-electron chi connectivity index (χ3n) is 3.68. The van der Waals surface area contributed by atoms with E-state index in [9.17, 15) is 9.90 Å². The fraction of sp³-hybridized carbons (Fsp3) is 0.286. The average molecular weight is 273 g/mol. The minimum atomic E-state index is -0.786. The smallest absolute Gasteiger partial charge is 0.231 e. The molecule has 1 atom stereocenters. The number of phenolic OH excluding ortho intramolecular Hbond substituents is 1. The zero-order valence-electron chi connectivity index (χ0n) is 11.2. The van der Waals surface area contributed by atoms with Crippen LogP contribution in [0, 0.1) is 5.41 Å². The highest BCUT2D eigenvalue weighted by atomic mass is 16.4. The summed E-state index contributed by atoms with van der Waals surface area (Å²) in [5.74, 6) is 0.473. The Hall–Kier alpha value is -2.50. The number of aromatic hydroxyl groups is 1. The maximum absolute atomic E-state index is 11.9. The van der Waals surface area contributed by atoms with Crippen LogP contribution in [0.25, 0.3) is 11.0 Å². The van der Waals surface area contributed by atoms with Crippen LogP contribution in [-0.2, 0) is 10.3 Å². The van der Waals surface area contributed by atoms with Crippen molar-refractivity contribution in [2.75, 3.05) is 7.05 Å². The molecule has 3 rings (SSSR count). The van der Waals surface area contributed by atoms with E-state index in [1.54, 1.807) is 32.2 Å². The topological polar surface area (TPSA) is 89.6 Å². The van der Waals surface area contributed by atoms with E-state index in [4.69, 9.17) is 9.83 Å². The number of amides is 1. The number of nitrogens with zero attached hydrogens (tertiary/aromatic N) is 1. The summed E-state index contributed by atoms with van der Waals surface area (Å²) in [6.45, 7) is 1.81. The SMILES string of the molecule is CN1C(=N)N[C@](C)(c2cc3cccc(O)c3o2)CC1=O. The average Bonchev–Trinajstić information content (AvgIpc) is 2.82. The maximum Gasteiger partial charge on any atom is 0.231 e. The molecule has 3 N–H and O–H groups in total. The van der Waals surface area contributed by atoms with E-state index in [-0.39, 0.29) is 24.0 Å². The van der Waals surface area contributed by atoms with Crippen molar-refractivity contribution in [1.29, 1.82) is 5.41 Å². The van der Waals surface area contributed by atoms with Crippen molar-refractivity contribution in [2.45, 2.75) is 18.9 Å². The van der Waals surface area contributed by atoms with Gasteiger partial charge in [0, 0.05) is 12.4 Å². The zero-order chi connectivity index (χ0) is 14.5. The highest BCUT2D eigenvalue weighted by molar-refractivity contribution is 5.99. The second-order valence-electron chi connectivity index (χ2n) is 5.24. The van der Waals surface area contributed by atoms with Crippen LogP contribution in [-0.4, -0.2) is 28.9 Å². The summed E-state index contributed by atoms with van der Waals surface area (Å²) >= 11 is 0. The van der Waals surface area contributed by atoms with Gasteiger partial charge in [-0.25, -0.2) is 0 Å². The van der Waals surface area contributed by atoms with E-state index in [2.05, 4.69) is 5.32 Å². The van der Waals surface area contributed by atoms with Crippen LogP contribution < -0.4 is 5.32 Å². The van der Waals surface area contributed by atoms with Gasteiger partial charge in [-0.05, 0) is 19.1 Å². The predicted molar refractivity (Wildman–Crippen MR) is 73.5 cm³/mol. The Bertz CT molecular complexity index is 702. The summed E-state index contributed by atoms with van der Waals surface area (Å²) in [4.78, 5) is 13.2. The van der Waals surface area contributed by atoms with Gasteiger partial charge >= 0.3 is 0 Å². The second-order valence-corrected chi connectivity index (χ2v) is 5.24. The molecule has 0 saturated carbocycles. The first-order chi connectivity index (χ1) is 9.40. The molecule has 1 fully saturated rings. The Morgan fingerprint density at radius 3 is 2.90 bits per heavy atom. The monoisotopic (exact) mass is 273 g/mol. The molecule has 6 nitrogen and oxygen atoms in total. The molecule has 1 aromatic heterocycles. The first-order valence-corrected chi connectivity index (χ1v) is 6.26. The van der Waals surface area contributed by atoms with Crippen molar-refractivity contribution >= 4 is 22.8 Å².